The van der Waals surface area contributed by atoms with Crippen LogP contribution in [-0.4, -0.2) is 28.0 Å². The summed E-state index contributed by atoms with van der Waals surface area (Å²) >= 11 is 0. The van der Waals surface area contributed by atoms with Gasteiger partial charge in [0.2, 0.25) is 5.82 Å². The van der Waals surface area contributed by atoms with Crippen molar-refractivity contribution < 1.29 is 22.3 Å². The molecule has 5 nitrogen and oxygen atoms in total. The van der Waals surface area contributed by atoms with Crippen LogP contribution >= 0.6 is 0 Å². The molecule has 0 aliphatic carbocycles. The number of phenolic OH excluding ortho intramolecular Hbond substituents is 1. The molecule has 0 amide bonds. The van der Waals surface area contributed by atoms with Crippen molar-refractivity contribution in [3.63, 3.8) is 0 Å². The molecule has 0 fully saturated rings. The van der Waals surface area contributed by atoms with Gasteiger partial charge in [-0.25, -0.2) is 12.8 Å². The van der Waals surface area contributed by atoms with E-state index in [-0.39, 0.29) is 11.1 Å². The molecule has 1 N–H and O–H groups in total. The Morgan fingerprint density at radius 3 is 2.50 bits per heavy atom. The minimum absolute atomic E-state index is 0.102. The summed E-state index contributed by atoms with van der Waals surface area (Å²) in [4.78, 5) is 0. The van der Waals surface area contributed by atoms with Crippen molar-refractivity contribution in [3.05, 3.63) is 36.2 Å². The Balaban J connectivity index is 2.53. The van der Waals surface area contributed by atoms with E-state index < -0.39 is 32.7 Å². The average Bonchev–Trinajstić information content (AvgIpc) is 2.86. The van der Waals surface area contributed by atoms with Crippen molar-refractivity contribution in [3.8, 4) is 16.9 Å². The Labute approximate surface area is 114 Å². The number of phenols is 1. The maximum absolute atomic E-state index is 13.7. The van der Waals surface area contributed by atoms with E-state index in [1.165, 1.54) is 13.8 Å². The van der Waals surface area contributed by atoms with E-state index in [1.807, 2.05) is 0 Å². The van der Waals surface area contributed by atoms with Gasteiger partial charge in [-0.15, -0.1) is 0 Å². The van der Waals surface area contributed by atoms with Crippen LogP contribution in [0.5, 0.6) is 5.75 Å². The molecular formula is C12H12F2N2O3S. The van der Waals surface area contributed by atoms with Gasteiger partial charge >= 0.3 is 0 Å². The molecule has 0 atom stereocenters. The van der Waals surface area contributed by atoms with E-state index in [0.29, 0.717) is 0 Å². The van der Waals surface area contributed by atoms with Gasteiger partial charge in [0.25, 0.3) is 10.0 Å². The molecule has 0 bridgehead atoms. The smallest absolute Gasteiger partial charge is 0.256 e. The lowest BCUT2D eigenvalue weighted by molar-refractivity contribution is 0.408. The lowest BCUT2D eigenvalue weighted by Gasteiger charge is -2.06. The first kappa shape index (κ1) is 14.4. The number of halogens is 2. The molecule has 2 aromatic rings. The van der Waals surface area contributed by atoms with Crippen LogP contribution in [0.25, 0.3) is 11.1 Å². The van der Waals surface area contributed by atoms with Gasteiger partial charge in [0, 0.05) is 11.1 Å². The molecule has 1 aromatic carbocycles. The van der Waals surface area contributed by atoms with E-state index >= 15 is 0 Å². The summed E-state index contributed by atoms with van der Waals surface area (Å²) in [5, 5.41) is 12.0. The van der Waals surface area contributed by atoms with E-state index in [0.717, 1.165) is 28.6 Å². The molecule has 0 saturated carbocycles. The fraction of sp³-hybridized carbons (Fsp3) is 0.250. The summed E-state index contributed by atoms with van der Waals surface area (Å²) in [6.45, 7) is 2.97. The third-order valence-electron chi connectivity index (χ3n) is 2.79. The fourth-order valence-corrected chi connectivity index (χ4v) is 2.43. The lowest BCUT2D eigenvalue weighted by atomic mass is 10.1. The second-order valence-corrected chi connectivity index (χ2v) is 6.80. The van der Waals surface area contributed by atoms with Crippen LogP contribution in [0.1, 0.15) is 13.8 Å². The Morgan fingerprint density at radius 1 is 1.25 bits per heavy atom. The third-order valence-corrected chi connectivity index (χ3v) is 4.70. The van der Waals surface area contributed by atoms with Crippen molar-refractivity contribution in [2.24, 2.45) is 0 Å². The van der Waals surface area contributed by atoms with E-state index in [1.54, 1.807) is 0 Å². The Morgan fingerprint density at radius 2 is 1.90 bits per heavy atom. The number of nitrogens with zero attached hydrogens (tertiary/aromatic N) is 2. The largest absolute Gasteiger partial charge is 0.505 e. The first-order valence-electron chi connectivity index (χ1n) is 5.71. The van der Waals surface area contributed by atoms with Gasteiger partial charge in [0.05, 0.1) is 17.6 Å². The zero-order valence-corrected chi connectivity index (χ0v) is 11.5. The molecule has 0 radical (unpaired) electrons. The summed E-state index contributed by atoms with van der Waals surface area (Å²) in [6.07, 6.45) is 2.22. The van der Waals surface area contributed by atoms with Crippen LogP contribution in [0.15, 0.2) is 24.5 Å². The summed E-state index contributed by atoms with van der Waals surface area (Å²) in [5.74, 6) is -3.46. The highest BCUT2D eigenvalue weighted by Crippen LogP contribution is 2.29. The first-order chi connectivity index (χ1) is 9.25. The van der Waals surface area contributed by atoms with Crippen molar-refractivity contribution in [2.45, 2.75) is 19.1 Å². The number of benzene rings is 1. The highest BCUT2D eigenvalue weighted by atomic mass is 32.2. The average molecular weight is 302 g/mol. The standard InChI is InChI=1S/C12H12F2N2O3S/c1-7(2)20(18,19)16-6-8(5-15-16)9-3-4-10(17)12(14)11(9)13/h3-7,17H,1-2H3. The number of hydrogen-bond donors (Lipinski definition) is 1. The number of aromatic nitrogens is 2. The number of rotatable bonds is 3. The molecule has 20 heavy (non-hydrogen) atoms. The van der Waals surface area contributed by atoms with E-state index in [4.69, 9.17) is 5.11 Å². The quantitative estimate of drug-likeness (QED) is 0.942. The molecule has 0 aliphatic heterocycles. The molecule has 0 unspecified atom stereocenters. The molecule has 0 spiro atoms. The monoisotopic (exact) mass is 302 g/mol. The zero-order valence-electron chi connectivity index (χ0n) is 10.7. The van der Waals surface area contributed by atoms with Crippen LogP contribution in [0.3, 0.4) is 0 Å². The molecule has 0 aliphatic rings. The third kappa shape index (κ3) is 2.26. The van der Waals surface area contributed by atoms with Gasteiger partial charge in [-0.05, 0) is 26.0 Å². The van der Waals surface area contributed by atoms with Crippen LogP contribution in [-0.2, 0) is 10.0 Å². The van der Waals surface area contributed by atoms with Gasteiger partial charge in [0.1, 0.15) is 0 Å². The van der Waals surface area contributed by atoms with Gasteiger partial charge in [-0.1, -0.05) is 0 Å². The summed E-state index contributed by atoms with van der Waals surface area (Å²) in [7, 11) is -3.66. The van der Waals surface area contributed by atoms with Crippen LogP contribution in [0.4, 0.5) is 8.78 Å². The first-order valence-corrected chi connectivity index (χ1v) is 7.22. The molecular weight excluding hydrogens is 290 g/mol. The van der Waals surface area contributed by atoms with Crippen LogP contribution in [0.2, 0.25) is 0 Å². The van der Waals surface area contributed by atoms with Crippen LogP contribution in [0, 0.1) is 11.6 Å². The highest BCUT2D eigenvalue weighted by molar-refractivity contribution is 7.90. The predicted molar refractivity (Wildman–Crippen MR) is 68.7 cm³/mol. The minimum Gasteiger partial charge on any atom is -0.505 e. The van der Waals surface area contributed by atoms with Crippen LogP contribution < -0.4 is 0 Å². The zero-order chi connectivity index (χ0) is 15.1. The van der Waals surface area contributed by atoms with E-state index in [9.17, 15) is 17.2 Å². The highest BCUT2D eigenvalue weighted by Gasteiger charge is 2.21. The Kier molecular flexibility index (Phi) is 3.51. The van der Waals surface area contributed by atoms with Gasteiger partial charge in [0.15, 0.2) is 11.6 Å². The Bertz CT molecular complexity index is 754. The summed E-state index contributed by atoms with van der Waals surface area (Å²) in [5.41, 5.74) is -0.0730. The second kappa shape index (κ2) is 4.86. The normalized spacial score (nSPS) is 12.1. The fourth-order valence-electron chi connectivity index (χ4n) is 1.56. The maximum atomic E-state index is 13.7. The lowest BCUT2D eigenvalue weighted by Crippen LogP contribution is -2.22. The Hall–Kier alpha value is -1.96. The minimum atomic E-state index is -3.66. The summed E-state index contributed by atoms with van der Waals surface area (Å²) < 4.78 is 51.4. The second-order valence-electron chi connectivity index (χ2n) is 4.46. The SMILES string of the molecule is CC(C)S(=O)(=O)n1cc(-c2ccc(O)c(F)c2F)cn1. The van der Waals surface area contributed by atoms with Crippen molar-refractivity contribution >= 4 is 10.0 Å². The van der Waals surface area contributed by atoms with Crippen molar-refractivity contribution in [1.29, 1.82) is 0 Å². The molecule has 8 heteroatoms. The van der Waals surface area contributed by atoms with Gasteiger partial charge < -0.3 is 5.11 Å². The number of hydrogen-bond acceptors (Lipinski definition) is 4. The summed E-state index contributed by atoms with van der Waals surface area (Å²) in [6, 6.07) is 2.14. The molecule has 1 aromatic heterocycles. The van der Waals surface area contributed by atoms with Gasteiger partial charge in [-0.3, -0.25) is 0 Å². The van der Waals surface area contributed by atoms with Crippen molar-refractivity contribution in [1.82, 2.24) is 9.19 Å². The predicted octanol–water partition coefficient (Wildman–Crippen LogP) is 2.12. The van der Waals surface area contributed by atoms with Gasteiger partial charge in [-0.2, -0.15) is 13.6 Å². The molecule has 2 rings (SSSR count). The number of aromatic hydroxyl groups is 1. The van der Waals surface area contributed by atoms with E-state index in [2.05, 4.69) is 5.10 Å². The topological polar surface area (TPSA) is 72.2 Å². The molecule has 108 valence electrons. The molecule has 1 heterocycles. The maximum Gasteiger partial charge on any atom is 0.256 e. The van der Waals surface area contributed by atoms with Crippen molar-refractivity contribution in [2.75, 3.05) is 0 Å². The molecule has 0 saturated heterocycles.